The molecule has 2 atom stereocenters. The van der Waals surface area contributed by atoms with E-state index in [0.717, 1.165) is 32.5 Å². The Hall–Kier alpha value is -2.18. The van der Waals surface area contributed by atoms with Crippen molar-refractivity contribution < 1.29 is 4.39 Å². The molecule has 138 valence electrons. The van der Waals surface area contributed by atoms with Crippen molar-refractivity contribution in [3.05, 3.63) is 71.3 Å². The Morgan fingerprint density at radius 1 is 1.08 bits per heavy atom. The summed E-state index contributed by atoms with van der Waals surface area (Å²) in [5.41, 5.74) is 3.91. The van der Waals surface area contributed by atoms with Crippen molar-refractivity contribution >= 4 is 0 Å². The van der Waals surface area contributed by atoms with Crippen molar-refractivity contribution in [2.45, 2.75) is 51.7 Å². The summed E-state index contributed by atoms with van der Waals surface area (Å²) in [6, 6.07) is 21.0. The maximum Gasteiger partial charge on any atom is 0.108 e. The van der Waals surface area contributed by atoms with E-state index in [1.54, 1.807) is 6.07 Å². The van der Waals surface area contributed by atoms with Gasteiger partial charge in [0, 0.05) is 19.4 Å². The van der Waals surface area contributed by atoms with Crippen molar-refractivity contribution in [1.29, 1.82) is 5.26 Å². The Morgan fingerprint density at radius 3 is 2.23 bits per heavy atom. The lowest BCUT2D eigenvalue weighted by molar-refractivity contribution is 0.276. The maximum absolute atomic E-state index is 13.1. The van der Waals surface area contributed by atoms with Crippen molar-refractivity contribution in [3.8, 4) is 6.07 Å². The molecule has 0 amide bonds. The Morgan fingerprint density at radius 2 is 1.69 bits per heavy atom. The van der Waals surface area contributed by atoms with Crippen LogP contribution in [-0.4, -0.2) is 24.2 Å². The van der Waals surface area contributed by atoms with Gasteiger partial charge in [0.25, 0.3) is 0 Å². The fourth-order valence-corrected chi connectivity index (χ4v) is 3.14. The van der Waals surface area contributed by atoms with E-state index in [-0.39, 0.29) is 5.92 Å². The van der Waals surface area contributed by atoms with Crippen LogP contribution in [0.4, 0.5) is 4.39 Å². The van der Waals surface area contributed by atoms with Crippen molar-refractivity contribution in [3.63, 3.8) is 0 Å². The largest absolute Gasteiger partial charge is 0.299 e. The highest BCUT2D eigenvalue weighted by Gasteiger charge is 2.38. The normalized spacial score (nSPS) is 18.0. The maximum atomic E-state index is 13.1. The average molecular weight is 352 g/mol. The number of rotatable bonds is 8. The van der Waals surface area contributed by atoms with Crippen LogP contribution in [0, 0.1) is 11.3 Å². The molecule has 0 heterocycles. The van der Waals surface area contributed by atoms with Gasteiger partial charge in [0.05, 0.1) is 6.07 Å². The summed E-state index contributed by atoms with van der Waals surface area (Å²) in [4.78, 5) is 2.49. The summed E-state index contributed by atoms with van der Waals surface area (Å²) in [6.07, 6.45) is 2.37. The first-order valence-corrected chi connectivity index (χ1v) is 9.48. The Kier molecular flexibility index (Phi) is 8.31. The van der Waals surface area contributed by atoms with Crippen LogP contribution in [0.2, 0.25) is 0 Å². The van der Waals surface area contributed by atoms with Crippen LogP contribution in [0.1, 0.15) is 49.3 Å². The highest BCUT2D eigenvalue weighted by Crippen LogP contribution is 2.43. The van der Waals surface area contributed by atoms with Crippen LogP contribution in [-0.2, 0) is 13.0 Å². The molecule has 0 N–H and O–H groups in total. The molecule has 0 aliphatic heterocycles. The van der Waals surface area contributed by atoms with Crippen LogP contribution in [0.25, 0.3) is 0 Å². The summed E-state index contributed by atoms with van der Waals surface area (Å²) < 4.78 is 13.1. The van der Waals surface area contributed by atoms with Gasteiger partial charge >= 0.3 is 0 Å². The predicted molar refractivity (Wildman–Crippen MR) is 106 cm³/mol. The number of hydrogen-bond donors (Lipinski definition) is 0. The fraction of sp³-hybridized carbons (Fsp3) is 0.435. The van der Waals surface area contributed by atoms with Gasteiger partial charge < -0.3 is 0 Å². The van der Waals surface area contributed by atoms with Crippen molar-refractivity contribution in [1.82, 2.24) is 4.90 Å². The molecule has 3 heteroatoms. The number of alkyl halides is 1. The molecular weight excluding hydrogens is 323 g/mol. The quantitative estimate of drug-likeness (QED) is 0.627. The minimum Gasteiger partial charge on any atom is -0.299 e. The highest BCUT2D eigenvalue weighted by molar-refractivity contribution is 5.30. The van der Waals surface area contributed by atoms with Crippen LogP contribution in [0.15, 0.2) is 54.6 Å². The van der Waals surface area contributed by atoms with E-state index in [1.165, 1.54) is 23.6 Å². The molecule has 1 saturated carbocycles. The molecule has 0 bridgehead atoms. The molecule has 2 nitrogen and oxygen atoms in total. The van der Waals surface area contributed by atoms with E-state index in [0.29, 0.717) is 6.42 Å². The standard InChI is InChI=1S/C21H26FN.C2H3N/c1-2-23(16-18-7-4-3-5-8-18)14-6-9-17-10-12-19(13-11-17)20-15-21(20)22;1-2-3/h3-5,7-8,10-13,20-21H,2,6,9,14-16H2,1H3;1H3. The molecule has 0 spiro atoms. The van der Waals surface area contributed by atoms with Gasteiger partial charge in [-0.25, -0.2) is 4.39 Å². The number of nitrogens with zero attached hydrogens (tertiary/aromatic N) is 2. The van der Waals surface area contributed by atoms with E-state index in [2.05, 4.69) is 66.4 Å². The fourth-order valence-electron chi connectivity index (χ4n) is 3.14. The lowest BCUT2D eigenvalue weighted by atomic mass is 10.0. The highest BCUT2D eigenvalue weighted by atomic mass is 19.1. The molecule has 3 rings (SSSR count). The van der Waals surface area contributed by atoms with E-state index in [9.17, 15) is 4.39 Å². The Balaban J connectivity index is 0.000000758. The zero-order valence-corrected chi connectivity index (χ0v) is 15.9. The second kappa shape index (κ2) is 10.7. The summed E-state index contributed by atoms with van der Waals surface area (Å²) >= 11 is 0. The number of halogens is 1. The molecule has 26 heavy (non-hydrogen) atoms. The van der Waals surface area contributed by atoms with Gasteiger partial charge in [-0.2, -0.15) is 5.26 Å². The molecule has 1 aliphatic carbocycles. The zero-order chi connectivity index (χ0) is 18.8. The molecule has 2 aromatic carbocycles. The third-order valence-corrected chi connectivity index (χ3v) is 4.76. The van der Waals surface area contributed by atoms with Crippen LogP contribution in [0.3, 0.4) is 0 Å². The van der Waals surface area contributed by atoms with Gasteiger partial charge in [-0.15, -0.1) is 0 Å². The molecule has 0 saturated heterocycles. The molecule has 1 aliphatic rings. The summed E-state index contributed by atoms with van der Waals surface area (Å²) in [7, 11) is 0. The lowest BCUT2D eigenvalue weighted by Gasteiger charge is -2.20. The number of benzene rings is 2. The molecular formula is C23H29FN2. The number of aryl methyl sites for hydroxylation is 1. The number of hydrogen-bond acceptors (Lipinski definition) is 2. The third kappa shape index (κ3) is 6.61. The summed E-state index contributed by atoms with van der Waals surface area (Å²) in [5, 5.41) is 7.32. The second-order valence-corrected chi connectivity index (χ2v) is 6.78. The van der Waals surface area contributed by atoms with Crippen LogP contribution >= 0.6 is 0 Å². The Bertz CT molecular complexity index is 676. The molecule has 0 aromatic heterocycles. The molecule has 0 radical (unpaired) electrons. The van der Waals surface area contributed by atoms with E-state index >= 15 is 0 Å². The lowest BCUT2D eigenvalue weighted by Crippen LogP contribution is -2.24. The SMILES string of the molecule is CC#N.CCN(CCCc1ccc(C2CC2F)cc1)Cc1ccccc1. The summed E-state index contributed by atoms with van der Waals surface area (Å²) in [5.74, 6) is 0.172. The number of nitriles is 1. The topological polar surface area (TPSA) is 27.0 Å². The molecule has 2 aromatic rings. The predicted octanol–water partition coefficient (Wildman–Crippen LogP) is 5.50. The van der Waals surface area contributed by atoms with Gasteiger partial charge in [0.15, 0.2) is 0 Å². The summed E-state index contributed by atoms with van der Waals surface area (Å²) in [6.45, 7) is 6.87. The molecule has 2 unspecified atom stereocenters. The van der Waals surface area contributed by atoms with Gasteiger partial charge in [-0.05, 0) is 49.0 Å². The van der Waals surface area contributed by atoms with Crippen LogP contribution < -0.4 is 0 Å². The Labute approximate surface area is 157 Å². The monoisotopic (exact) mass is 352 g/mol. The van der Waals surface area contributed by atoms with Crippen LogP contribution in [0.5, 0.6) is 0 Å². The van der Waals surface area contributed by atoms with Gasteiger partial charge in [-0.3, -0.25) is 4.90 Å². The first-order valence-electron chi connectivity index (χ1n) is 9.48. The minimum absolute atomic E-state index is 0.172. The minimum atomic E-state index is -0.600. The second-order valence-electron chi connectivity index (χ2n) is 6.78. The first kappa shape index (κ1) is 20.1. The van der Waals surface area contributed by atoms with Crippen molar-refractivity contribution in [2.24, 2.45) is 0 Å². The first-order chi connectivity index (χ1) is 12.7. The zero-order valence-electron chi connectivity index (χ0n) is 15.9. The van der Waals surface area contributed by atoms with Gasteiger partial charge in [0.2, 0.25) is 0 Å². The van der Waals surface area contributed by atoms with E-state index in [4.69, 9.17) is 5.26 Å². The average Bonchev–Trinajstić information content (AvgIpc) is 3.39. The smallest absolute Gasteiger partial charge is 0.108 e. The third-order valence-electron chi connectivity index (χ3n) is 4.76. The van der Waals surface area contributed by atoms with E-state index < -0.39 is 6.17 Å². The molecule has 1 fully saturated rings. The van der Waals surface area contributed by atoms with Crippen molar-refractivity contribution in [2.75, 3.05) is 13.1 Å². The van der Waals surface area contributed by atoms with E-state index in [1.807, 2.05) is 0 Å². The van der Waals surface area contributed by atoms with Gasteiger partial charge in [-0.1, -0.05) is 61.5 Å². The van der Waals surface area contributed by atoms with Gasteiger partial charge in [0.1, 0.15) is 6.17 Å².